The molecule has 0 aliphatic rings. The van der Waals surface area contributed by atoms with E-state index in [0.29, 0.717) is 16.2 Å². The number of nitrogens with zero attached hydrogens (tertiary/aromatic N) is 2. The van der Waals surface area contributed by atoms with Gasteiger partial charge < -0.3 is 4.72 Å². The zero-order valence-electron chi connectivity index (χ0n) is 7.19. The second kappa shape index (κ2) is 3.59. The number of nitrogens with one attached hydrogen (secondary N) is 2. The molecule has 0 aliphatic carbocycles. The zero-order chi connectivity index (χ0) is 11.0. The fraction of sp³-hybridized carbons (Fsp3) is 0. The molecule has 0 atom stereocenters. The van der Waals surface area contributed by atoms with E-state index >= 15 is 0 Å². The van der Waals surface area contributed by atoms with Gasteiger partial charge in [-0.1, -0.05) is 24.4 Å². The molecule has 0 aliphatic heterocycles. The molecule has 8 heteroatoms. The summed E-state index contributed by atoms with van der Waals surface area (Å²) < 4.78 is 2.50. The van der Waals surface area contributed by atoms with Gasteiger partial charge in [0, 0.05) is 6.07 Å². The summed E-state index contributed by atoms with van der Waals surface area (Å²) in [6, 6.07) is 2.78. The Hall–Kier alpha value is -1.47. The highest BCUT2D eigenvalue weighted by atomic mass is 35.5. The average molecular weight is 245 g/mol. The Morgan fingerprint density at radius 2 is 2.33 bits per heavy atom. The van der Waals surface area contributed by atoms with Gasteiger partial charge in [0.15, 0.2) is 5.82 Å². The summed E-state index contributed by atoms with van der Waals surface area (Å²) in [7, 11) is 0. The molecule has 1 aromatic carbocycles. The van der Waals surface area contributed by atoms with Crippen LogP contribution in [-0.2, 0) is 0 Å². The quantitative estimate of drug-likeness (QED) is 0.430. The largest absolute Gasteiger partial charge is 0.315 e. The first-order chi connectivity index (χ1) is 7.15. The van der Waals surface area contributed by atoms with Crippen molar-refractivity contribution in [3.8, 4) is 0 Å². The van der Waals surface area contributed by atoms with Crippen LogP contribution in [0.15, 0.2) is 12.1 Å². The van der Waals surface area contributed by atoms with Crippen LogP contribution in [0, 0.1) is 10.1 Å². The van der Waals surface area contributed by atoms with Crippen molar-refractivity contribution in [2.24, 2.45) is 0 Å². The highest BCUT2D eigenvalue weighted by molar-refractivity contribution is 7.81. The number of thiol groups is 1. The molecule has 0 spiro atoms. The van der Waals surface area contributed by atoms with Gasteiger partial charge in [-0.3, -0.25) is 15.2 Å². The number of aromatic nitrogens is 2. The number of aromatic amines is 1. The zero-order valence-corrected chi connectivity index (χ0v) is 8.84. The number of hydrogen-bond acceptors (Lipinski definition) is 5. The van der Waals surface area contributed by atoms with E-state index in [2.05, 4.69) is 27.7 Å². The number of H-pyrrole nitrogens is 1. The van der Waals surface area contributed by atoms with Crippen LogP contribution in [-0.4, -0.2) is 15.1 Å². The first-order valence-electron chi connectivity index (χ1n) is 3.86. The number of nitro benzene ring substituents is 1. The molecule has 1 aromatic heterocycles. The molecule has 0 unspecified atom stereocenters. The van der Waals surface area contributed by atoms with Crippen molar-refractivity contribution in [3.63, 3.8) is 0 Å². The van der Waals surface area contributed by atoms with Crippen LogP contribution in [0.5, 0.6) is 0 Å². The summed E-state index contributed by atoms with van der Waals surface area (Å²) in [4.78, 5) is 10.2. The number of hydrogen-bond donors (Lipinski definition) is 3. The van der Waals surface area contributed by atoms with Crippen molar-refractivity contribution >= 4 is 46.8 Å². The molecule has 0 saturated carbocycles. The lowest BCUT2D eigenvalue weighted by Crippen LogP contribution is -1.89. The Labute approximate surface area is 94.3 Å². The number of non-ortho nitro benzene ring substituents is 1. The summed E-state index contributed by atoms with van der Waals surface area (Å²) in [5, 5.41) is 17.9. The average Bonchev–Trinajstić information content (AvgIpc) is 2.62. The maximum atomic E-state index is 10.7. The fourth-order valence-corrected chi connectivity index (χ4v) is 1.72. The summed E-state index contributed by atoms with van der Waals surface area (Å²) in [5.41, 5.74) is 0.209. The van der Waals surface area contributed by atoms with Gasteiger partial charge in [0.1, 0.15) is 5.52 Å². The molecule has 2 aromatic rings. The molecule has 15 heavy (non-hydrogen) atoms. The van der Waals surface area contributed by atoms with Gasteiger partial charge in [-0.2, -0.15) is 5.10 Å². The van der Waals surface area contributed by atoms with Gasteiger partial charge >= 0.3 is 0 Å². The molecule has 2 rings (SSSR count). The van der Waals surface area contributed by atoms with E-state index in [1.807, 2.05) is 0 Å². The summed E-state index contributed by atoms with van der Waals surface area (Å²) in [6.45, 7) is 0. The Morgan fingerprint density at radius 1 is 1.60 bits per heavy atom. The second-order valence-electron chi connectivity index (χ2n) is 2.76. The highest BCUT2D eigenvalue weighted by Crippen LogP contribution is 2.34. The minimum absolute atomic E-state index is 0.0725. The van der Waals surface area contributed by atoms with Crippen molar-refractivity contribution < 1.29 is 4.92 Å². The van der Waals surface area contributed by atoms with E-state index in [4.69, 9.17) is 11.6 Å². The summed E-state index contributed by atoms with van der Waals surface area (Å²) in [5.74, 6) is 0.363. The molecule has 78 valence electrons. The Bertz CT molecular complexity index is 541. The Morgan fingerprint density at radius 3 is 2.93 bits per heavy atom. The van der Waals surface area contributed by atoms with Crippen LogP contribution in [0.25, 0.3) is 10.9 Å². The van der Waals surface area contributed by atoms with Gasteiger partial charge in [-0.05, 0) is 6.07 Å². The predicted molar refractivity (Wildman–Crippen MR) is 60.4 cm³/mol. The van der Waals surface area contributed by atoms with E-state index in [1.165, 1.54) is 12.1 Å². The monoisotopic (exact) mass is 244 g/mol. The van der Waals surface area contributed by atoms with Crippen LogP contribution in [0.1, 0.15) is 0 Å². The van der Waals surface area contributed by atoms with Crippen molar-refractivity contribution in [2.45, 2.75) is 0 Å². The lowest BCUT2D eigenvalue weighted by molar-refractivity contribution is -0.383. The first-order valence-corrected chi connectivity index (χ1v) is 4.68. The van der Waals surface area contributed by atoms with Gasteiger partial charge in [-0.15, -0.1) is 0 Å². The predicted octanol–water partition coefficient (Wildman–Crippen LogP) is 2.38. The minimum atomic E-state index is -0.501. The highest BCUT2D eigenvalue weighted by Gasteiger charge is 2.18. The molecule has 0 bridgehead atoms. The van der Waals surface area contributed by atoms with E-state index in [-0.39, 0.29) is 11.2 Å². The van der Waals surface area contributed by atoms with Crippen LogP contribution in [0.4, 0.5) is 11.5 Å². The fourth-order valence-electron chi connectivity index (χ4n) is 1.31. The summed E-state index contributed by atoms with van der Waals surface area (Å²) in [6.07, 6.45) is 0. The Balaban J connectivity index is 2.84. The van der Waals surface area contributed by atoms with Crippen LogP contribution >= 0.6 is 24.4 Å². The van der Waals surface area contributed by atoms with Crippen molar-refractivity contribution in [1.82, 2.24) is 10.2 Å². The molecular formula is C7H5ClN4O2S. The van der Waals surface area contributed by atoms with E-state index in [1.54, 1.807) is 0 Å². The van der Waals surface area contributed by atoms with Crippen molar-refractivity contribution in [1.29, 1.82) is 0 Å². The van der Waals surface area contributed by atoms with Crippen LogP contribution in [0.2, 0.25) is 5.02 Å². The molecule has 2 N–H and O–H groups in total. The van der Waals surface area contributed by atoms with Gasteiger partial charge in [-0.25, -0.2) is 0 Å². The van der Waals surface area contributed by atoms with E-state index < -0.39 is 4.92 Å². The van der Waals surface area contributed by atoms with Crippen molar-refractivity contribution in [2.75, 3.05) is 4.72 Å². The molecule has 0 saturated heterocycles. The maximum Gasteiger partial charge on any atom is 0.295 e. The lowest BCUT2D eigenvalue weighted by atomic mass is 10.2. The van der Waals surface area contributed by atoms with E-state index in [9.17, 15) is 10.1 Å². The third-order valence-electron chi connectivity index (χ3n) is 1.95. The normalized spacial score (nSPS) is 10.5. The third-order valence-corrected chi connectivity index (χ3v) is 2.48. The molecule has 0 amide bonds. The topological polar surface area (TPSA) is 83.8 Å². The number of halogens is 1. The second-order valence-corrected chi connectivity index (χ2v) is 3.39. The van der Waals surface area contributed by atoms with Gasteiger partial charge in [0.05, 0.1) is 15.3 Å². The minimum Gasteiger partial charge on any atom is -0.315 e. The maximum absolute atomic E-state index is 10.7. The number of benzene rings is 1. The standard InChI is InChI=1S/C7H5ClN4O2S/c8-3-1-2-4(12(13)14)6-5(3)7(11-15)10-9-6/h1-2,15H,(H2,9,10,11). The summed E-state index contributed by atoms with van der Waals surface area (Å²) >= 11 is 9.73. The molecule has 1 heterocycles. The van der Waals surface area contributed by atoms with Gasteiger partial charge in [0.2, 0.25) is 0 Å². The SMILES string of the molecule is O=[N+]([O-])c1ccc(Cl)c2c(NS)n[nH]c12. The van der Waals surface area contributed by atoms with Crippen molar-refractivity contribution in [3.05, 3.63) is 27.3 Å². The van der Waals surface area contributed by atoms with E-state index in [0.717, 1.165) is 0 Å². The smallest absolute Gasteiger partial charge is 0.295 e. The van der Waals surface area contributed by atoms with Crippen LogP contribution in [0.3, 0.4) is 0 Å². The number of rotatable bonds is 2. The molecular weight excluding hydrogens is 240 g/mol. The first kappa shape index (κ1) is 10.1. The molecule has 0 radical (unpaired) electrons. The third kappa shape index (κ3) is 1.49. The number of nitro groups is 1. The number of anilines is 1. The molecule has 6 nitrogen and oxygen atoms in total. The molecule has 0 fully saturated rings. The van der Waals surface area contributed by atoms with Crippen LogP contribution < -0.4 is 4.72 Å². The number of fused-ring (bicyclic) bond motifs is 1. The Kier molecular flexibility index (Phi) is 2.41. The lowest BCUT2D eigenvalue weighted by Gasteiger charge is -1.97. The van der Waals surface area contributed by atoms with Gasteiger partial charge in [0.25, 0.3) is 5.69 Å².